The van der Waals surface area contributed by atoms with Crippen LogP contribution in [-0.4, -0.2) is 47.8 Å². The van der Waals surface area contributed by atoms with Crippen molar-refractivity contribution in [3.8, 4) is 11.6 Å². The van der Waals surface area contributed by atoms with Crippen LogP contribution < -0.4 is 5.32 Å². The molecular weight excluding hydrogens is 244 g/mol. The Hall–Kier alpha value is -1.66. The van der Waals surface area contributed by atoms with Crippen LogP contribution in [0.1, 0.15) is 11.7 Å². The highest BCUT2D eigenvalue weighted by atomic mass is 16.5. The van der Waals surface area contributed by atoms with E-state index in [1.165, 1.54) is 0 Å². The second-order valence-electron chi connectivity index (χ2n) is 5.04. The van der Waals surface area contributed by atoms with E-state index >= 15 is 0 Å². The smallest absolute Gasteiger partial charge is 0.238 e. The molecule has 1 fully saturated rings. The average Bonchev–Trinajstić information content (AvgIpc) is 2.98. The van der Waals surface area contributed by atoms with Gasteiger partial charge in [0.15, 0.2) is 5.76 Å². The fourth-order valence-electron chi connectivity index (χ4n) is 2.33. The minimum atomic E-state index is 0.366. The Labute approximate surface area is 111 Å². The average molecular weight is 262 g/mol. The van der Waals surface area contributed by atoms with Crippen molar-refractivity contribution in [1.82, 2.24) is 20.4 Å². The molecule has 3 rings (SSSR count). The second kappa shape index (κ2) is 5.14. The lowest BCUT2D eigenvalue weighted by Crippen LogP contribution is -2.49. The molecule has 0 aliphatic carbocycles. The van der Waals surface area contributed by atoms with E-state index in [0.717, 1.165) is 31.8 Å². The van der Waals surface area contributed by atoms with Crippen molar-refractivity contribution in [2.75, 3.05) is 26.7 Å². The van der Waals surface area contributed by atoms with Gasteiger partial charge in [-0.3, -0.25) is 0 Å². The maximum Gasteiger partial charge on any atom is 0.238 e. The zero-order valence-electron chi connectivity index (χ0n) is 11.2. The van der Waals surface area contributed by atoms with Crippen molar-refractivity contribution >= 4 is 0 Å². The minimum absolute atomic E-state index is 0.366. The molecule has 0 amide bonds. The molecule has 3 heterocycles. The van der Waals surface area contributed by atoms with Gasteiger partial charge in [0, 0.05) is 32.1 Å². The van der Waals surface area contributed by atoms with Crippen LogP contribution in [0.15, 0.2) is 21.1 Å². The molecule has 1 aliphatic rings. The van der Waals surface area contributed by atoms with E-state index in [1.807, 2.05) is 19.1 Å². The third kappa shape index (κ3) is 2.85. The summed E-state index contributed by atoms with van der Waals surface area (Å²) in [5, 5.41) is 7.42. The molecule has 19 heavy (non-hydrogen) atoms. The second-order valence-corrected chi connectivity index (χ2v) is 5.04. The third-order valence-corrected chi connectivity index (χ3v) is 3.31. The van der Waals surface area contributed by atoms with Gasteiger partial charge in [0.25, 0.3) is 0 Å². The third-order valence-electron chi connectivity index (χ3n) is 3.31. The van der Waals surface area contributed by atoms with E-state index in [-0.39, 0.29) is 0 Å². The molecule has 0 bridgehead atoms. The van der Waals surface area contributed by atoms with Crippen LogP contribution in [0, 0.1) is 6.92 Å². The molecule has 1 saturated heterocycles. The summed E-state index contributed by atoms with van der Waals surface area (Å²) in [7, 11) is 2.12. The van der Waals surface area contributed by atoms with E-state index < -0.39 is 0 Å². The number of hydrogen-bond donors (Lipinski definition) is 1. The molecule has 1 unspecified atom stereocenters. The monoisotopic (exact) mass is 262 g/mol. The first-order valence-electron chi connectivity index (χ1n) is 6.52. The number of likely N-dealkylation sites (N-methyl/N-ethyl adjacent to an activating group) is 1. The van der Waals surface area contributed by atoms with Gasteiger partial charge in [-0.1, -0.05) is 5.16 Å². The van der Waals surface area contributed by atoms with Gasteiger partial charge in [-0.15, -0.1) is 0 Å². The van der Waals surface area contributed by atoms with Gasteiger partial charge in [-0.05, 0) is 26.1 Å². The van der Waals surface area contributed by atoms with Gasteiger partial charge < -0.3 is 19.2 Å². The lowest BCUT2D eigenvalue weighted by atomic mass is 10.1. The van der Waals surface area contributed by atoms with Gasteiger partial charge in [0.05, 0.1) is 0 Å². The molecule has 102 valence electrons. The van der Waals surface area contributed by atoms with Crippen LogP contribution in [0.25, 0.3) is 11.6 Å². The number of nitrogens with zero attached hydrogens (tertiary/aromatic N) is 3. The number of nitrogens with one attached hydrogen (secondary N) is 1. The first-order valence-corrected chi connectivity index (χ1v) is 6.52. The molecule has 1 aliphatic heterocycles. The highest BCUT2D eigenvalue weighted by Crippen LogP contribution is 2.19. The first kappa shape index (κ1) is 12.4. The van der Waals surface area contributed by atoms with Gasteiger partial charge in [0.2, 0.25) is 11.7 Å². The number of piperazine rings is 1. The summed E-state index contributed by atoms with van der Waals surface area (Å²) >= 11 is 0. The maximum atomic E-state index is 5.48. The Morgan fingerprint density at radius 1 is 1.47 bits per heavy atom. The van der Waals surface area contributed by atoms with Crippen LogP contribution in [0.3, 0.4) is 0 Å². The number of hydrogen-bond acceptors (Lipinski definition) is 6. The SMILES string of the molecule is Cc1ccc(-c2noc(CC3CN(C)CCN3)n2)o1. The van der Waals surface area contributed by atoms with E-state index in [1.54, 1.807) is 0 Å². The zero-order chi connectivity index (χ0) is 13.2. The van der Waals surface area contributed by atoms with Crippen molar-refractivity contribution in [3.63, 3.8) is 0 Å². The lowest BCUT2D eigenvalue weighted by Gasteiger charge is -2.29. The summed E-state index contributed by atoms with van der Waals surface area (Å²) in [4.78, 5) is 6.68. The number of aromatic nitrogens is 2. The number of aryl methyl sites for hydroxylation is 1. The zero-order valence-corrected chi connectivity index (χ0v) is 11.2. The number of furan rings is 1. The Kier molecular flexibility index (Phi) is 3.35. The summed E-state index contributed by atoms with van der Waals surface area (Å²) in [5.41, 5.74) is 0. The van der Waals surface area contributed by atoms with E-state index in [0.29, 0.717) is 23.5 Å². The van der Waals surface area contributed by atoms with Crippen molar-refractivity contribution in [2.24, 2.45) is 0 Å². The molecule has 1 N–H and O–H groups in total. The molecule has 0 aromatic carbocycles. The van der Waals surface area contributed by atoms with E-state index in [9.17, 15) is 0 Å². The van der Waals surface area contributed by atoms with Crippen LogP contribution in [0.5, 0.6) is 0 Å². The van der Waals surface area contributed by atoms with Crippen molar-refractivity contribution in [3.05, 3.63) is 23.8 Å². The molecule has 1 atom stereocenters. The summed E-state index contributed by atoms with van der Waals surface area (Å²) in [6.07, 6.45) is 0.747. The lowest BCUT2D eigenvalue weighted by molar-refractivity contribution is 0.227. The molecular formula is C13H18N4O2. The summed E-state index contributed by atoms with van der Waals surface area (Å²) in [5.74, 6) is 2.67. The summed E-state index contributed by atoms with van der Waals surface area (Å²) < 4.78 is 10.8. The summed E-state index contributed by atoms with van der Waals surface area (Å²) in [6.45, 7) is 4.97. The van der Waals surface area contributed by atoms with E-state index in [4.69, 9.17) is 8.94 Å². The number of rotatable bonds is 3. The van der Waals surface area contributed by atoms with Gasteiger partial charge >= 0.3 is 0 Å². The predicted octanol–water partition coefficient (Wildman–Crippen LogP) is 1.08. The minimum Gasteiger partial charge on any atom is -0.458 e. The van der Waals surface area contributed by atoms with Gasteiger partial charge in [0.1, 0.15) is 5.76 Å². The molecule has 6 heteroatoms. The first-order chi connectivity index (χ1) is 9.20. The van der Waals surface area contributed by atoms with Crippen LogP contribution in [0.2, 0.25) is 0 Å². The van der Waals surface area contributed by atoms with Gasteiger partial charge in [-0.25, -0.2) is 0 Å². The quantitative estimate of drug-likeness (QED) is 0.893. The van der Waals surface area contributed by atoms with Crippen LogP contribution >= 0.6 is 0 Å². The summed E-state index contributed by atoms with van der Waals surface area (Å²) in [6, 6.07) is 4.12. The molecule has 2 aromatic rings. The highest BCUT2D eigenvalue weighted by Gasteiger charge is 2.20. The standard InChI is InChI=1S/C13H18N4O2/c1-9-3-4-11(18-9)13-15-12(19-16-13)7-10-8-17(2)6-5-14-10/h3-4,10,14H,5-8H2,1-2H3. The Morgan fingerprint density at radius 2 is 2.37 bits per heavy atom. The normalized spacial score (nSPS) is 20.8. The fraction of sp³-hybridized carbons (Fsp3) is 0.538. The van der Waals surface area contributed by atoms with Crippen LogP contribution in [0.4, 0.5) is 0 Å². The molecule has 0 radical (unpaired) electrons. The Bertz CT molecular complexity index is 548. The van der Waals surface area contributed by atoms with Crippen LogP contribution in [-0.2, 0) is 6.42 Å². The van der Waals surface area contributed by atoms with Crippen molar-refractivity contribution < 1.29 is 8.94 Å². The molecule has 0 saturated carbocycles. The largest absolute Gasteiger partial charge is 0.458 e. The Morgan fingerprint density at radius 3 is 3.11 bits per heavy atom. The molecule has 6 nitrogen and oxygen atoms in total. The molecule has 0 spiro atoms. The highest BCUT2D eigenvalue weighted by molar-refractivity contribution is 5.45. The maximum absolute atomic E-state index is 5.48. The topological polar surface area (TPSA) is 67.3 Å². The Balaban J connectivity index is 1.68. The molecule has 2 aromatic heterocycles. The van der Waals surface area contributed by atoms with E-state index in [2.05, 4.69) is 27.4 Å². The van der Waals surface area contributed by atoms with Crippen molar-refractivity contribution in [1.29, 1.82) is 0 Å². The van der Waals surface area contributed by atoms with Gasteiger partial charge in [-0.2, -0.15) is 4.98 Å². The fourth-order valence-corrected chi connectivity index (χ4v) is 2.33. The predicted molar refractivity (Wildman–Crippen MR) is 69.7 cm³/mol. The van der Waals surface area contributed by atoms with Crippen molar-refractivity contribution in [2.45, 2.75) is 19.4 Å².